The van der Waals surface area contributed by atoms with Crippen molar-refractivity contribution < 1.29 is 18.4 Å². The van der Waals surface area contributed by atoms with Gasteiger partial charge in [-0.3, -0.25) is 9.59 Å². The summed E-state index contributed by atoms with van der Waals surface area (Å²) in [7, 11) is 0. The number of nitrogens with one attached hydrogen (secondary N) is 1. The number of carbonyl (C=O) groups excluding carboxylic acids is 2. The number of hydrogen-bond donors (Lipinski definition) is 1. The SMILES string of the molecule is O=C(Nc1cc(Cl)ccc1Cl)C1CC(=O)N(c2ccc(F)c(F)c2)C1. The van der Waals surface area contributed by atoms with Crippen molar-refractivity contribution in [1.29, 1.82) is 0 Å². The van der Waals surface area contributed by atoms with Gasteiger partial charge >= 0.3 is 0 Å². The molecule has 2 aromatic carbocycles. The number of benzene rings is 2. The van der Waals surface area contributed by atoms with E-state index in [0.717, 1.165) is 12.1 Å². The monoisotopic (exact) mass is 384 g/mol. The lowest BCUT2D eigenvalue weighted by Crippen LogP contribution is -2.28. The van der Waals surface area contributed by atoms with Gasteiger partial charge < -0.3 is 10.2 Å². The first-order valence-electron chi connectivity index (χ1n) is 7.36. The molecule has 2 amide bonds. The molecule has 0 aromatic heterocycles. The summed E-state index contributed by atoms with van der Waals surface area (Å²) in [5.41, 5.74) is 0.554. The fourth-order valence-corrected chi connectivity index (χ4v) is 2.95. The Kier molecular flexibility index (Phi) is 4.92. The van der Waals surface area contributed by atoms with Crippen LogP contribution < -0.4 is 10.2 Å². The molecule has 1 aliphatic heterocycles. The van der Waals surface area contributed by atoms with Gasteiger partial charge in [-0.1, -0.05) is 23.2 Å². The van der Waals surface area contributed by atoms with E-state index in [0.29, 0.717) is 15.7 Å². The van der Waals surface area contributed by atoms with Crippen LogP contribution in [0.3, 0.4) is 0 Å². The molecular formula is C17H12Cl2F2N2O2. The van der Waals surface area contributed by atoms with Crippen molar-refractivity contribution in [2.24, 2.45) is 5.92 Å². The normalized spacial score (nSPS) is 17.0. The number of carbonyl (C=O) groups is 2. The second-order valence-electron chi connectivity index (χ2n) is 5.62. The highest BCUT2D eigenvalue weighted by Crippen LogP contribution is 2.29. The average Bonchev–Trinajstić information content (AvgIpc) is 2.95. The van der Waals surface area contributed by atoms with E-state index in [9.17, 15) is 18.4 Å². The molecule has 8 heteroatoms. The lowest BCUT2D eigenvalue weighted by atomic mass is 10.1. The second kappa shape index (κ2) is 6.98. The topological polar surface area (TPSA) is 49.4 Å². The number of hydrogen-bond acceptors (Lipinski definition) is 2. The summed E-state index contributed by atoms with van der Waals surface area (Å²) in [5.74, 6) is -3.44. The molecule has 1 heterocycles. The van der Waals surface area contributed by atoms with Crippen LogP contribution in [0.4, 0.5) is 20.2 Å². The summed E-state index contributed by atoms with van der Waals surface area (Å²) in [6, 6.07) is 7.81. The molecule has 1 fully saturated rings. The standard InChI is InChI=1S/C17H12Cl2F2N2O2/c18-10-1-3-12(19)15(6-10)22-17(25)9-5-16(24)23(8-9)11-2-4-13(20)14(21)7-11/h1-4,6-7,9H,5,8H2,(H,22,25). The molecule has 2 aromatic rings. The molecule has 0 bridgehead atoms. The Hall–Kier alpha value is -2.18. The predicted molar refractivity (Wildman–Crippen MR) is 91.9 cm³/mol. The van der Waals surface area contributed by atoms with Crippen LogP contribution in [0.5, 0.6) is 0 Å². The van der Waals surface area contributed by atoms with Gasteiger partial charge in [-0.2, -0.15) is 0 Å². The van der Waals surface area contributed by atoms with Crippen LogP contribution in [0.2, 0.25) is 10.0 Å². The zero-order chi connectivity index (χ0) is 18.1. The molecule has 1 N–H and O–H groups in total. The van der Waals surface area contributed by atoms with E-state index in [-0.39, 0.29) is 24.6 Å². The van der Waals surface area contributed by atoms with Gasteiger partial charge in [0.15, 0.2) is 11.6 Å². The minimum absolute atomic E-state index is 0.0387. The van der Waals surface area contributed by atoms with Crippen LogP contribution in [0.25, 0.3) is 0 Å². The van der Waals surface area contributed by atoms with Crippen LogP contribution in [0.1, 0.15) is 6.42 Å². The highest BCUT2D eigenvalue weighted by molar-refractivity contribution is 6.35. The molecule has 1 unspecified atom stereocenters. The lowest BCUT2D eigenvalue weighted by Gasteiger charge is -2.17. The smallest absolute Gasteiger partial charge is 0.229 e. The summed E-state index contributed by atoms with van der Waals surface area (Å²) in [5, 5.41) is 3.36. The van der Waals surface area contributed by atoms with Gasteiger partial charge in [0.1, 0.15) is 0 Å². The first kappa shape index (κ1) is 17.6. The summed E-state index contributed by atoms with van der Waals surface area (Å²) in [6.45, 7) is 0.0634. The number of halogens is 4. The van der Waals surface area contributed by atoms with Gasteiger partial charge in [0.2, 0.25) is 11.8 Å². The van der Waals surface area contributed by atoms with Gasteiger partial charge in [0.25, 0.3) is 0 Å². The van der Waals surface area contributed by atoms with Gasteiger partial charge in [-0.25, -0.2) is 8.78 Å². The second-order valence-corrected chi connectivity index (χ2v) is 6.46. The van der Waals surface area contributed by atoms with Crippen molar-refractivity contribution in [3.63, 3.8) is 0 Å². The van der Waals surface area contributed by atoms with Gasteiger partial charge in [0.05, 0.1) is 16.6 Å². The van der Waals surface area contributed by atoms with Crippen molar-refractivity contribution in [2.45, 2.75) is 6.42 Å². The van der Waals surface area contributed by atoms with Crippen molar-refractivity contribution in [2.75, 3.05) is 16.8 Å². The largest absolute Gasteiger partial charge is 0.324 e. The highest BCUT2D eigenvalue weighted by Gasteiger charge is 2.35. The summed E-state index contributed by atoms with van der Waals surface area (Å²) in [4.78, 5) is 25.8. The molecule has 1 atom stereocenters. The average molecular weight is 385 g/mol. The first-order chi connectivity index (χ1) is 11.8. The maximum atomic E-state index is 13.4. The first-order valence-corrected chi connectivity index (χ1v) is 8.12. The molecule has 130 valence electrons. The quantitative estimate of drug-likeness (QED) is 0.858. The van der Waals surface area contributed by atoms with Gasteiger partial charge in [0, 0.05) is 29.7 Å². The van der Waals surface area contributed by atoms with Crippen LogP contribution >= 0.6 is 23.2 Å². The zero-order valence-electron chi connectivity index (χ0n) is 12.7. The third kappa shape index (κ3) is 3.75. The summed E-state index contributed by atoms with van der Waals surface area (Å²) >= 11 is 11.9. The van der Waals surface area contributed by atoms with E-state index in [2.05, 4.69) is 5.32 Å². The van der Waals surface area contributed by atoms with Crippen molar-refractivity contribution in [3.8, 4) is 0 Å². The maximum Gasteiger partial charge on any atom is 0.229 e. The lowest BCUT2D eigenvalue weighted by molar-refractivity contribution is -0.122. The molecule has 1 saturated heterocycles. The third-order valence-corrected chi connectivity index (χ3v) is 4.46. The zero-order valence-corrected chi connectivity index (χ0v) is 14.2. The molecular weight excluding hydrogens is 373 g/mol. The predicted octanol–water partition coefficient (Wildman–Crippen LogP) is 4.26. The Labute approximate surface area is 152 Å². The molecule has 1 aliphatic rings. The minimum Gasteiger partial charge on any atom is -0.324 e. The van der Waals surface area contributed by atoms with Crippen LogP contribution in [-0.4, -0.2) is 18.4 Å². The summed E-state index contributed by atoms with van der Waals surface area (Å²) in [6.07, 6.45) is -0.0387. The molecule has 0 spiro atoms. The number of nitrogens with zero attached hydrogens (tertiary/aromatic N) is 1. The fraction of sp³-hybridized carbons (Fsp3) is 0.176. The fourth-order valence-electron chi connectivity index (χ4n) is 2.61. The van der Waals surface area contributed by atoms with E-state index in [1.165, 1.54) is 17.0 Å². The number of amides is 2. The van der Waals surface area contributed by atoms with Crippen molar-refractivity contribution >= 4 is 46.4 Å². The minimum atomic E-state index is -1.05. The highest BCUT2D eigenvalue weighted by atomic mass is 35.5. The van der Waals surface area contributed by atoms with E-state index in [1.54, 1.807) is 12.1 Å². The Balaban J connectivity index is 1.74. The number of anilines is 2. The van der Waals surface area contributed by atoms with E-state index in [4.69, 9.17) is 23.2 Å². The maximum absolute atomic E-state index is 13.4. The van der Waals surface area contributed by atoms with Crippen LogP contribution in [-0.2, 0) is 9.59 Å². The molecule has 0 aliphatic carbocycles. The van der Waals surface area contributed by atoms with E-state index >= 15 is 0 Å². The Morgan fingerprint density at radius 2 is 1.88 bits per heavy atom. The molecule has 0 radical (unpaired) electrons. The van der Waals surface area contributed by atoms with Crippen LogP contribution in [0.15, 0.2) is 36.4 Å². The molecule has 4 nitrogen and oxygen atoms in total. The van der Waals surface area contributed by atoms with Crippen molar-refractivity contribution in [3.05, 3.63) is 58.1 Å². The Morgan fingerprint density at radius 3 is 2.60 bits per heavy atom. The molecule has 25 heavy (non-hydrogen) atoms. The van der Waals surface area contributed by atoms with Crippen molar-refractivity contribution in [1.82, 2.24) is 0 Å². The Morgan fingerprint density at radius 1 is 1.12 bits per heavy atom. The van der Waals surface area contributed by atoms with Gasteiger partial charge in [-0.05, 0) is 30.3 Å². The summed E-state index contributed by atoms with van der Waals surface area (Å²) < 4.78 is 26.4. The molecule has 0 saturated carbocycles. The van der Waals surface area contributed by atoms with Crippen LogP contribution in [0, 0.1) is 17.6 Å². The van der Waals surface area contributed by atoms with E-state index < -0.39 is 23.5 Å². The van der Waals surface area contributed by atoms with E-state index in [1.807, 2.05) is 0 Å². The molecule has 3 rings (SSSR count). The number of rotatable bonds is 3. The Bertz CT molecular complexity index is 861. The van der Waals surface area contributed by atoms with Gasteiger partial charge in [-0.15, -0.1) is 0 Å². The third-order valence-electron chi connectivity index (χ3n) is 3.90.